The van der Waals surface area contributed by atoms with Gasteiger partial charge in [-0.1, -0.05) is 54.6 Å². The van der Waals surface area contributed by atoms with E-state index in [1.807, 2.05) is 83.8 Å². The molecule has 1 fully saturated rings. The lowest BCUT2D eigenvalue weighted by atomic mass is 10.1. The highest BCUT2D eigenvalue weighted by atomic mass is 32.2. The molecule has 0 aromatic heterocycles. The Hall–Kier alpha value is -3.45. The number of hydrogen-bond acceptors (Lipinski definition) is 5. The third kappa shape index (κ3) is 4.83. The minimum absolute atomic E-state index is 0.0531. The molecule has 168 valence electrons. The molecule has 2 amide bonds. The van der Waals surface area contributed by atoms with Gasteiger partial charge in [0.15, 0.2) is 11.5 Å². The van der Waals surface area contributed by atoms with Crippen molar-refractivity contribution in [1.29, 1.82) is 0 Å². The van der Waals surface area contributed by atoms with E-state index in [9.17, 15) is 9.59 Å². The fraction of sp³-hybridized carbons (Fsp3) is 0.231. The summed E-state index contributed by atoms with van der Waals surface area (Å²) < 4.78 is 11.6. The zero-order valence-electron chi connectivity index (χ0n) is 18.0. The third-order valence-corrected chi connectivity index (χ3v) is 6.94. The summed E-state index contributed by atoms with van der Waals surface area (Å²) in [5.74, 6) is 1.84. The summed E-state index contributed by atoms with van der Waals surface area (Å²) in [5, 5.41) is 2.87. The number of rotatable bonds is 6. The van der Waals surface area contributed by atoms with Gasteiger partial charge >= 0.3 is 0 Å². The SMILES string of the molecule is O=C(NC[C@@H]1COc2ccccc2O1)c1ccc([C@@H]2SCC(=O)N2Cc2ccccc2)cc1. The fourth-order valence-electron chi connectivity index (χ4n) is 3.95. The number of benzene rings is 3. The molecule has 6 nitrogen and oxygen atoms in total. The van der Waals surface area contributed by atoms with Crippen molar-refractivity contribution in [3.8, 4) is 11.5 Å². The predicted molar refractivity (Wildman–Crippen MR) is 127 cm³/mol. The van der Waals surface area contributed by atoms with Gasteiger partial charge < -0.3 is 19.7 Å². The van der Waals surface area contributed by atoms with Gasteiger partial charge in [-0.2, -0.15) is 0 Å². The summed E-state index contributed by atoms with van der Waals surface area (Å²) in [4.78, 5) is 27.0. The highest BCUT2D eigenvalue weighted by molar-refractivity contribution is 8.00. The highest BCUT2D eigenvalue weighted by Crippen LogP contribution is 2.39. The Bertz CT molecular complexity index is 1140. The molecule has 1 N–H and O–H groups in total. The summed E-state index contributed by atoms with van der Waals surface area (Å²) in [6, 6.07) is 25.0. The van der Waals surface area contributed by atoms with Crippen LogP contribution in [0.2, 0.25) is 0 Å². The number of para-hydroxylation sites is 2. The highest BCUT2D eigenvalue weighted by Gasteiger charge is 2.32. The Balaban J connectivity index is 1.19. The van der Waals surface area contributed by atoms with Gasteiger partial charge in [-0.25, -0.2) is 0 Å². The van der Waals surface area contributed by atoms with Crippen LogP contribution in [0.25, 0.3) is 0 Å². The first kappa shape index (κ1) is 21.4. The zero-order valence-corrected chi connectivity index (χ0v) is 18.8. The smallest absolute Gasteiger partial charge is 0.251 e. The molecule has 0 spiro atoms. The van der Waals surface area contributed by atoms with E-state index < -0.39 is 0 Å². The van der Waals surface area contributed by atoms with Crippen LogP contribution in [-0.2, 0) is 11.3 Å². The molecular formula is C26H24N2O4S. The van der Waals surface area contributed by atoms with Crippen LogP contribution in [-0.4, -0.2) is 41.7 Å². The maximum Gasteiger partial charge on any atom is 0.251 e. The largest absolute Gasteiger partial charge is 0.486 e. The van der Waals surface area contributed by atoms with Gasteiger partial charge in [0, 0.05) is 12.1 Å². The van der Waals surface area contributed by atoms with Gasteiger partial charge in [0.05, 0.1) is 12.3 Å². The second-order valence-corrected chi connectivity index (χ2v) is 9.07. The van der Waals surface area contributed by atoms with Crippen molar-refractivity contribution in [2.24, 2.45) is 0 Å². The maximum atomic E-state index is 12.6. The van der Waals surface area contributed by atoms with Crippen molar-refractivity contribution in [1.82, 2.24) is 10.2 Å². The molecule has 2 aliphatic rings. The molecule has 7 heteroatoms. The maximum absolute atomic E-state index is 12.6. The Labute approximate surface area is 196 Å². The molecule has 0 saturated carbocycles. The number of carbonyl (C=O) groups is 2. The van der Waals surface area contributed by atoms with Crippen LogP contribution in [0.15, 0.2) is 78.9 Å². The van der Waals surface area contributed by atoms with Gasteiger partial charge in [0.2, 0.25) is 5.91 Å². The minimum Gasteiger partial charge on any atom is -0.486 e. The number of nitrogens with zero attached hydrogens (tertiary/aromatic N) is 1. The van der Waals surface area contributed by atoms with E-state index in [4.69, 9.17) is 9.47 Å². The molecule has 2 atom stereocenters. The third-order valence-electron chi connectivity index (χ3n) is 5.68. The lowest BCUT2D eigenvalue weighted by Crippen LogP contribution is -2.40. The van der Waals surface area contributed by atoms with E-state index in [0.717, 1.165) is 16.9 Å². The number of amides is 2. The van der Waals surface area contributed by atoms with E-state index in [0.29, 0.717) is 36.8 Å². The van der Waals surface area contributed by atoms with Crippen LogP contribution in [0.4, 0.5) is 0 Å². The van der Waals surface area contributed by atoms with E-state index >= 15 is 0 Å². The van der Waals surface area contributed by atoms with Crippen LogP contribution in [0.5, 0.6) is 11.5 Å². The normalized spacial score (nSPS) is 19.4. The van der Waals surface area contributed by atoms with Gasteiger partial charge in [-0.3, -0.25) is 9.59 Å². The molecule has 0 aliphatic carbocycles. The lowest BCUT2D eigenvalue weighted by Gasteiger charge is -2.26. The Morgan fingerprint density at radius 1 is 0.970 bits per heavy atom. The first-order valence-electron chi connectivity index (χ1n) is 10.9. The second-order valence-electron chi connectivity index (χ2n) is 8.00. The average molecular weight is 461 g/mol. The standard InChI is InChI=1S/C26H24N2O4S/c29-24-17-33-26(28(24)15-18-6-2-1-3-7-18)20-12-10-19(11-13-20)25(30)27-14-21-16-31-22-8-4-5-9-23(22)32-21/h1-13,21,26H,14-17H2,(H,27,30)/t21-,26+/m1/s1. The first-order chi connectivity index (χ1) is 16.2. The van der Waals surface area contributed by atoms with Crippen LogP contribution in [0.3, 0.4) is 0 Å². The van der Waals surface area contributed by atoms with Crippen molar-refractivity contribution in [3.05, 3.63) is 95.6 Å². The van der Waals surface area contributed by atoms with Gasteiger partial charge in [0.25, 0.3) is 5.91 Å². The minimum atomic E-state index is -0.240. The van der Waals surface area contributed by atoms with Crippen molar-refractivity contribution in [3.63, 3.8) is 0 Å². The van der Waals surface area contributed by atoms with Gasteiger partial charge in [-0.15, -0.1) is 11.8 Å². The molecule has 2 heterocycles. The number of carbonyl (C=O) groups excluding carboxylic acids is 2. The fourth-order valence-corrected chi connectivity index (χ4v) is 5.14. The quantitative estimate of drug-likeness (QED) is 0.602. The monoisotopic (exact) mass is 460 g/mol. The average Bonchev–Trinajstić information content (AvgIpc) is 3.23. The van der Waals surface area contributed by atoms with E-state index in [-0.39, 0.29) is 23.3 Å². The van der Waals surface area contributed by atoms with Crippen LogP contribution in [0.1, 0.15) is 26.9 Å². The van der Waals surface area contributed by atoms with Crippen LogP contribution in [0, 0.1) is 0 Å². The summed E-state index contributed by atoms with van der Waals surface area (Å²) in [7, 11) is 0. The van der Waals surface area contributed by atoms with Crippen molar-refractivity contribution in [2.75, 3.05) is 18.9 Å². The summed E-state index contributed by atoms with van der Waals surface area (Å²) >= 11 is 1.61. The van der Waals surface area contributed by atoms with Crippen molar-refractivity contribution < 1.29 is 19.1 Å². The van der Waals surface area contributed by atoms with E-state index in [1.54, 1.807) is 11.8 Å². The summed E-state index contributed by atoms with van der Waals surface area (Å²) in [6.07, 6.45) is -0.240. The second kappa shape index (κ2) is 9.58. The number of nitrogens with one attached hydrogen (secondary N) is 1. The van der Waals surface area contributed by atoms with Crippen LogP contribution < -0.4 is 14.8 Å². The number of ether oxygens (including phenoxy) is 2. The van der Waals surface area contributed by atoms with E-state index in [2.05, 4.69) is 5.32 Å². The van der Waals surface area contributed by atoms with Crippen molar-refractivity contribution in [2.45, 2.75) is 18.0 Å². The number of hydrogen-bond donors (Lipinski definition) is 1. The van der Waals surface area contributed by atoms with Gasteiger partial charge in [-0.05, 0) is 35.4 Å². The molecule has 0 unspecified atom stereocenters. The molecule has 1 saturated heterocycles. The Kier molecular flexibility index (Phi) is 6.21. The summed E-state index contributed by atoms with van der Waals surface area (Å²) in [6.45, 7) is 1.32. The van der Waals surface area contributed by atoms with Gasteiger partial charge in [0.1, 0.15) is 18.1 Å². The molecule has 33 heavy (non-hydrogen) atoms. The molecule has 0 bridgehead atoms. The molecule has 0 radical (unpaired) electrons. The predicted octanol–water partition coefficient (Wildman–Crippen LogP) is 4.03. The molecule has 2 aliphatic heterocycles. The van der Waals surface area contributed by atoms with Crippen molar-refractivity contribution >= 4 is 23.6 Å². The lowest BCUT2D eigenvalue weighted by molar-refractivity contribution is -0.128. The topological polar surface area (TPSA) is 67.9 Å². The molecule has 3 aromatic carbocycles. The molecule has 3 aromatic rings. The molecule has 5 rings (SSSR count). The molecular weight excluding hydrogens is 436 g/mol. The Morgan fingerprint density at radius 3 is 2.48 bits per heavy atom. The zero-order chi connectivity index (χ0) is 22.6. The first-order valence-corrected chi connectivity index (χ1v) is 11.9. The number of thioether (sulfide) groups is 1. The van der Waals surface area contributed by atoms with Crippen LogP contribution >= 0.6 is 11.8 Å². The number of fused-ring (bicyclic) bond motifs is 1. The summed E-state index contributed by atoms with van der Waals surface area (Å²) in [5.41, 5.74) is 2.68. The Morgan fingerprint density at radius 2 is 1.70 bits per heavy atom. The van der Waals surface area contributed by atoms with E-state index in [1.165, 1.54) is 0 Å².